The van der Waals surface area contributed by atoms with Gasteiger partial charge in [-0.3, -0.25) is 4.79 Å². The largest absolute Gasteiger partial charge is 0.353 e. The molecule has 90 valence electrons. The van der Waals surface area contributed by atoms with Crippen molar-refractivity contribution in [3.05, 3.63) is 22.4 Å². The fraction of sp³-hybridized carbons (Fsp3) is 0.615. The van der Waals surface area contributed by atoms with E-state index in [1.54, 1.807) is 11.3 Å². The molecule has 1 heterocycles. The van der Waals surface area contributed by atoms with Gasteiger partial charge >= 0.3 is 0 Å². The van der Waals surface area contributed by atoms with E-state index >= 15 is 0 Å². The molecule has 0 saturated heterocycles. The molecule has 16 heavy (non-hydrogen) atoms. The zero-order chi connectivity index (χ0) is 11.8. The Morgan fingerprint density at radius 2 is 2.31 bits per heavy atom. The van der Waals surface area contributed by atoms with Crippen molar-refractivity contribution >= 4 is 17.2 Å². The summed E-state index contributed by atoms with van der Waals surface area (Å²) in [5.41, 5.74) is 0. The van der Waals surface area contributed by atoms with Crippen LogP contribution in [0.4, 0.5) is 0 Å². The molecule has 1 amide bonds. The molecule has 0 aliphatic rings. The first-order valence-corrected chi connectivity index (χ1v) is 6.92. The normalized spacial score (nSPS) is 12.4. The molecule has 0 fully saturated rings. The van der Waals surface area contributed by atoms with Crippen LogP contribution in [0.3, 0.4) is 0 Å². The van der Waals surface area contributed by atoms with E-state index < -0.39 is 0 Å². The van der Waals surface area contributed by atoms with Crippen LogP contribution < -0.4 is 5.32 Å². The third-order valence-corrected chi connectivity index (χ3v) is 3.44. The number of carbonyl (C=O) groups is 1. The molecule has 1 aromatic rings. The van der Waals surface area contributed by atoms with Gasteiger partial charge in [-0.05, 0) is 24.8 Å². The predicted octanol–water partition coefficient (Wildman–Crippen LogP) is 3.38. The smallest absolute Gasteiger partial charge is 0.225 e. The van der Waals surface area contributed by atoms with Crippen LogP contribution in [-0.2, 0) is 11.2 Å². The fourth-order valence-electron chi connectivity index (χ4n) is 1.67. The minimum Gasteiger partial charge on any atom is -0.353 e. The van der Waals surface area contributed by atoms with Crippen molar-refractivity contribution in [1.82, 2.24) is 5.32 Å². The van der Waals surface area contributed by atoms with Crippen LogP contribution >= 0.6 is 11.3 Å². The van der Waals surface area contributed by atoms with Crippen molar-refractivity contribution in [2.45, 2.75) is 52.0 Å². The van der Waals surface area contributed by atoms with Crippen molar-refractivity contribution < 1.29 is 4.79 Å². The van der Waals surface area contributed by atoms with Gasteiger partial charge in [0.15, 0.2) is 0 Å². The lowest BCUT2D eigenvalue weighted by Crippen LogP contribution is -2.33. The first-order chi connectivity index (χ1) is 7.72. The lowest BCUT2D eigenvalue weighted by molar-refractivity contribution is -0.121. The lowest BCUT2D eigenvalue weighted by Gasteiger charge is -2.13. The Morgan fingerprint density at radius 3 is 2.94 bits per heavy atom. The van der Waals surface area contributed by atoms with Gasteiger partial charge in [-0.2, -0.15) is 0 Å². The highest BCUT2D eigenvalue weighted by Gasteiger charge is 2.08. The third kappa shape index (κ3) is 5.31. The summed E-state index contributed by atoms with van der Waals surface area (Å²) in [6, 6.07) is 4.29. The Bertz CT molecular complexity index is 295. The van der Waals surface area contributed by atoms with Gasteiger partial charge in [-0.1, -0.05) is 32.3 Å². The van der Waals surface area contributed by atoms with Crippen molar-refractivity contribution in [2.24, 2.45) is 0 Å². The fourth-order valence-corrected chi connectivity index (χ4v) is 2.37. The molecule has 1 rings (SSSR count). The van der Waals surface area contributed by atoms with Gasteiger partial charge in [0.05, 0.1) is 6.42 Å². The molecule has 0 bridgehead atoms. The second-order valence-electron chi connectivity index (χ2n) is 4.22. The van der Waals surface area contributed by atoms with E-state index in [0.29, 0.717) is 12.5 Å². The Balaban J connectivity index is 2.18. The minimum atomic E-state index is 0.145. The van der Waals surface area contributed by atoms with Crippen LogP contribution in [0.15, 0.2) is 17.5 Å². The standard InChI is InChI=1S/C13H21NOS/c1-3-4-5-7-11(2)14-13(15)10-12-8-6-9-16-12/h6,8-9,11H,3-5,7,10H2,1-2H3,(H,14,15). The molecule has 1 aromatic heterocycles. The maximum atomic E-state index is 11.6. The summed E-state index contributed by atoms with van der Waals surface area (Å²) in [6.45, 7) is 4.28. The number of nitrogens with one attached hydrogen (secondary N) is 1. The summed E-state index contributed by atoms with van der Waals surface area (Å²) in [5.74, 6) is 0.145. The van der Waals surface area contributed by atoms with Crippen molar-refractivity contribution in [2.75, 3.05) is 0 Å². The average molecular weight is 239 g/mol. The Kier molecular flexibility index (Phi) is 6.16. The Hall–Kier alpha value is -0.830. The summed E-state index contributed by atoms with van der Waals surface area (Å²) < 4.78 is 0. The summed E-state index contributed by atoms with van der Waals surface area (Å²) in [5, 5.41) is 5.05. The summed E-state index contributed by atoms with van der Waals surface area (Å²) in [7, 11) is 0. The molecule has 0 aliphatic carbocycles. The highest BCUT2D eigenvalue weighted by molar-refractivity contribution is 7.10. The number of carbonyl (C=O) groups excluding carboxylic acids is 1. The number of thiophene rings is 1. The second kappa shape index (κ2) is 7.44. The van der Waals surface area contributed by atoms with E-state index in [0.717, 1.165) is 11.3 Å². The van der Waals surface area contributed by atoms with Gasteiger partial charge < -0.3 is 5.32 Å². The number of hydrogen-bond acceptors (Lipinski definition) is 2. The van der Waals surface area contributed by atoms with Gasteiger partial charge in [-0.25, -0.2) is 0 Å². The van der Waals surface area contributed by atoms with Crippen LogP contribution in [0.1, 0.15) is 44.4 Å². The molecule has 0 saturated carbocycles. The zero-order valence-electron chi connectivity index (χ0n) is 10.2. The number of amides is 1. The highest BCUT2D eigenvalue weighted by Crippen LogP contribution is 2.09. The topological polar surface area (TPSA) is 29.1 Å². The molecule has 0 spiro atoms. The first-order valence-electron chi connectivity index (χ1n) is 6.04. The van der Waals surface area contributed by atoms with E-state index in [1.807, 2.05) is 17.5 Å². The van der Waals surface area contributed by atoms with E-state index in [-0.39, 0.29) is 5.91 Å². The number of unbranched alkanes of at least 4 members (excludes halogenated alkanes) is 2. The molecular formula is C13H21NOS. The third-order valence-electron chi connectivity index (χ3n) is 2.56. The van der Waals surface area contributed by atoms with Crippen molar-refractivity contribution in [3.8, 4) is 0 Å². The highest BCUT2D eigenvalue weighted by atomic mass is 32.1. The molecule has 2 nitrogen and oxygen atoms in total. The maximum Gasteiger partial charge on any atom is 0.225 e. The molecule has 0 aliphatic heterocycles. The van der Waals surface area contributed by atoms with Gasteiger partial charge in [0.2, 0.25) is 5.91 Å². The molecule has 0 radical (unpaired) electrons. The average Bonchev–Trinajstić information content (AvgIpc) is 2.70. The van der Waals surface area contributed by atoms with Crippen molar-refractivity contribution in [3.63, 3.8) is 0 Å². The molecule has 3 heteroatoms. The van der Waals surface area contributed by atoms with E-state index in [4.69, 9.17) is 0 Å². The Morgan fingerprint density at radius 1 is 1.50 bits per heavy atom. The number of rotatable bonds is 7. The predicted molar refractivity (Wildman–Crippen MR) is 69.8 cm³/mol. The van der Waals surface area contributed by atoms with Crippen LogP contribution in [0.5, 0.6) is 0 Å². The second-order valence-corrected chi connectivity index (χ2v) is 5.25. The molecule has 0 aromatic carbocycles. The zero-order valence-corrected chi connectivity index (χ0v) is 11.0. The van der Waals surface area contributed by atoms with Gasteiger partial charge in [-0.15, -0.1) is 11.3 Å². The summed E-state index contributed by atoms with van der Waals surface area (Å²) in [4.78, 5) is 12.8. The molecule has 1 atom stereocenters. The van der Waals surface area contributed by atoms with Crippen molar-refractivity contribution in [1.29, 1.82) is 0 Å². The monoisotopic (exact) mass is 239 g/mol. The SMILES string of the molecule is CCCCCC(C)NC(=O)Cc1cccs1. The Labute approximate surface area is 102 Å². The van der Waals surface area contributed by atoms with Gasteiger partial charge in [0.1, 0.15) is 0 Å². The maximum absolute atomic E-state index is 11.6. The van der Waals surface area contributed by atoms with Gasteiger partial charge in [0.25, 0.3) is 0 Å². The van der Waals surface area contributed by atoms with Crippen LogP contribution in [0.2, 0.25) is 0 Å². The molecule has 1 N–H and O–H groups in total. The van der Waals surface area contributed by atoms with Crippen LogP contribution in [0.25, 0.3) is 0 Å². The van der Waals surface area contributed by atoms with Crippen LogP contribution in [-0.4, -0.2) is 11.9 Å². The first kappa shape index (κ1) is 13.2. The number of hydrogen-bond donors (Lipinski definition) is 1. The summed E-state index contributed by atoms with van der Waals surface area (Å²) >= 11 is 1.64. The lowest BCUT2D eigenvalue weighted by atomic mass is 10.1. The molecule has 1 unspecified atom stereocenters. The molecular weight excluding hydrogens is 218 g/mol. The van der Waals surface area contributed by atoms with E-state index in [9.17, 15) is 4.79 Å². The van der Waals surface area contributed by atoms with E-state index in [2.05, 4.69) is 19.2 Å². The van der Waals surface area contributed by atoms with E-state index in [1.165, 1.54) is 19.3 Å². The summed E-state index contributed by atoms with van der Waals surface area (Å²) in [6.07, 6.45) is 5.30. The quantitative estimate of drug-likeness (QED) is 0.726. The minimum absolute atomic E-state index is 0.145. The van der Waals surface area contributed by atoms with Gasteiger partial charge in [0, 0.05) is 10.9 Å². The van der Waals surface area contributed by atoms with Crippen LogP contribution in [0, 0.1) is 0 Å².